The fourth-order valence-corrected chi connectivity index (χ4v) is 2.55. The van der Waals surface area contributed by atoms with E-state index in [-0.39, 0.29) is 18.2 Å². The van der Waals surface area contributed by atoms with Crippen molar-refractivity contribution in [2.75, 3.05) is 6.54 Å². The summed E-state index contributed by atoms with van der Waals surface area (Å²) in [5.74, 6) is -1.09. The molecule has 0 unspecified atom stereocenters. The summed E-state index contributed by atoms with van der Waals surface area (Å²) in [6.45, 7) is 1.22. The smallest absolute Gasteiger partial charge is 0.320 e. The number of carboxylic acid groups (broad SMARTS) is 1. The number of likely N-dealkylation sites (tertiary alicyclic amines) is 1. The third kappa shape index (κ3) is 3.43. The number of aliphatic carboxylic acids is 1. The maximum Gasteiger partial charge on any atom is 0.320 e. The lowest BCUT2D eigenvalue weighted by Gasteiger charge is -2.21. The monoisotopic (exact) mass is 337 g/mol. The number of benzene rings is 1. The molecule has 0 aliphatic carbocycles. The Hall–Kier alpha value is -0.650. The van der Waals surface area contributed by atoms with E-state index in [4.69, 9.17) is 5.11 Å². The lowest BCUT2D eigenvalue weighted by atomic mass is 10.2. The van der Waals surface area contributed by atoms with Crippen LogP contribution >= 0.6 is 28.3 Å². The molecular weight excluding hydrogens is 324 g/mol. The Morgan fingerprint density at radius 1 is 1.56 bits per heavy atom. The van der Waals surface area contributed by atoms with Gasteiger partial charge in [-0.2, -0.15) is 0 Å². The van der Waals surface area contributed by atoms with Gasteiger partial charge in [-0.25, -0.2) is 4.39 Å². The van der Waals surface area contributed by atoms with Crippen molar-refractivity contribution in [3.05, 3.63) is 34.1 Å². The number of hydrogen-bond acceptors (Lipinski definition) is 2. The molecule has 0 spiro atoms. The molecule has 1 aromatic rings. The van der Waals surface area contributed by atoms with Crippen LogP contribution in [0.4, 0.5) is 4.39 Å². The van der Waals surface area contributed by atoms with E-state index < -0.39 is 12.0 Å². The highest BCUT2D eigenvalue weighted by Gasteiger charge is 2.30. The van der Waals surface area contributed by atoms with E-state index in [2.05, 4.69) is 15.9 Å². The van der Waals surface area contributed by atoms with Gasteiger partial charge in [-0.15, -0.1) is 12.4 Å². The van der Waals surface area contributed by atoms with Crippen molar-refractivity contribution in [1.82, 2.24) is 4.90 Å². The molecule has 1 heterocycles. The van der Waals surface area contributed by atoms with Crippen LogP contribution in [0.2, 0.25) is 0 Å². The van der Waals surface area contributed by atoms with Crippen LogP contribution < -0.4 is 0 Å². The molecule has 100 valence electrons. The van der Waals surface area contributed by atoms with Crippen molar-refractivity contribution in [2.45, 2.75) is 25.4 Å². The summed E-state index contributed by atoms with van der Waals surface area (Å²) >= 11 is 3.35. The lowest BCUT2D eigenvalue weighted by Crippen LogP contribution is -2.35. The first kappa shape index (κ1) is 15.4. The maximum atomic E-state index is 13.1. The van der Waals surface area contributed by atoms with Crippen molar-refractivity contribution in [1.29, 1.82) is 0 Å². The molecule has 1 aliphatic rings. The van der Waals surface area contributed by atoms with Gasteiger partial charge < -0.3 is 5.11 Å². The van der Waals surface area contributed by atoms with Crippen molar-refractivity contribution in [3.63, 3.8) is 0 Å². The summed E-state index contributed by atoms with van der Waals surface area (Å²) in [4.78, 5) is 12.9. The van der Waals surface area contributed by atoms with Gasteiger partial charge in [0, 0.05) is 11.0 Å². The molecule has 1 atom stereocenters. The van der Waals surface area contributed by atoms with Gasteiger partial charge in [0.2, 0.25) is 0 Å². The van der Waals surface area contributed by atoms with E-state index >= 15 is 0 Å². The zero-order valence-electron chi connectivity index (χ0n) is 9.60. The maximum absolute atomic E-state index is 13.1. The van der Waals surface area contributed by atoms with E-state index in [1.54, 1.807) is 6.07 Å². The highest BCUT2D eigenvalue weighted by molar-refractivity contribution is 9.10. The first-order valence-electron chi connectivity index (χ1n) is 5.48. The van der Waals surface area contributed by atoms with Crippen LogP contribution in [0, 0.1) is 5.82 Å². The fraction of sp³-hybridized carbons (Fsp3) is 0.417. The summed E-state index contributed by atoms with van der Waals surface area (Å²) in [5, 5.41) is 9.06. The molecule has 18 heavy (non-hydrogen) atoms. The van der Waals surface area contributed by atoms with Crippen LogP contribution in [0.3, 0.4) is 0 Å². The lowest BCUT2D eigenvalue weighted by molar-refractivity contribution is -0.142. The van der Waals surface area contributed by atoms with Crippen LogP contribution in [-0.4, -0.2) is 28.6 Å². The summed E-state index contributed by atoms with van der Waals surface area (Å²) in [6.07, 6.45) is 1.55. The molecular formula is C12H14BrClFNO2. The van der Waals surface area contributed by atoms with Crippen LogP contribution in [0.5, 0.6) is 0 Å². The Labute approximate surface area is 120 Å². The largest absolute Gasteiger partial charge is 0.480 e. The van der Waals surface area contributed by atoms with E-state index in [1.807, 2.05) is 4.90 Å². The number of rotatable bonds is 3. The van der Waals surface area contributed by atoms with Gasteiger partial charge in [0.25, 0.3) is 0 Å². The Bertz CT molecular complexity index is 444. The Morgan fingerprint density at radius 3 is 2.94 bits per heavy atom. The molecule has 0 aromatic heterocycles. The van der Waals surface area contributed by atoms with Crippen LogP contribution in [0.1, 0.15) is 18.4 Å². The molecule has 0 radical (unpaired) electrons. The van der Waals surface area contributed by atoms with Gasteiger partial charge in [0.15, 0.2) is 0 Å². The molecule has 0 saturated carbocycles. The number of halogens is 3. The molecule has 0 amide bonds. The van der Waals surface area contributed by atoms with Crippen molar-refractivity contribution in [3.8, 4) is 0 Å². The third-order valence-corrected chi connectivity index (χ3v) is 3.80. The van der Waals surface area contributed by atoms with Gasteiger partial charge >= 0.3 is 5.97 Å². The number of carboxylic acids is 1. The Morgan fingerprint density at radius 2 is 2.28 bits per heavy atom. The first-order chi connectivity index (χ1) is 8.08. The second-order valence-electron chi connectivity index (χ2n) is 4.20. The van der Waals surface area contributed by atoms with E-state index in [0.29, 0.717) is 13.0 Å². The predicted octanol–water partition coefficient (Wildman–Crippen LogP) is 3.06. The minimum atomic E-state index is -0.796. The van der Waals surface area contributed by atoms with Gasteiger partial charge in [0.1, 0.15) is 11.9 Å². The molecule has 1 aliphatic heterocycles. The summed E-state index contributed by atoms with van der Waals surface area (Å²) in [6, 6.07) is 4.04. The average Bonchev–Trinajstić information content (AvgIpc) is 2.71. The molecule has 0 bridgehead atoms. The third-order valence-electron chi connectivity index (χ3n) is 3.03. The molecule has 6 heteroatoms. The quantitative estimate of drug-likeness (QED) is 0.921. The van der Waals surface area contributed by atoms with Gasteiger partial charge in [-0.3, -0.25) is 9.69 Å². The SMILES string of the molecule is Cl.O=C(O)[C@H]1CCCN1Cc1cc(F)ccc1Br. The van der Waals surface area contributed by atoms with Crippen molar-refractivity contribution in [2.24, 2.45) is 0 Å². The van der Waals surface area contributed by atoms with Gasteiger partial charge in [0.05, 0.1) is 0 Å². The topological polar surface area (TPSA) is 40.5 Å². The van der Waals surface area contributed by atoms with E-state index in [1.165, 1.54) is 12.1 Å². The van der Waals surface area contributed by atoms with Gasteiger partial charge in [-0.05, 0) is 43.1 Å². The van der Waals surface area contributed by atoms with Crippen molar-refractivity contribution >= 4 is 34.3 Å². The first-order valence-corrected chi connectivity index (χ1v) is 6.28. The zero-order chi connectivity index (χ0) is 12.4. The second-order valence-corrected chi connectivity index (χ2v) is 5.06. The Kier molecular flexibility index (Phi) is 5.56. The van der Waals surface area contributed by atoms with E-state index in [9.17, 15) is 9.18 Å². The molecule has 1 aromatic carbocycles. The molecule has 2 rings (SSSR count). The second kappa shape index (κ2) is 6.50. The van der Waals surface area contributed by atoms with Crippen LogP contribution in [-0.2, 0) is 11.3 Å². The summed E-state index contributed by atoms with van der Waals surface area (Å²) in [7, 11) is 0. The minimum absolute atomic E-state index is 0. The fourth-order valence-electron chi connectivity index (χ4n) is 2.18. The van der Waals surface area contributed by atoms with E-state index in [0.717, 1.165) is 23.0 Å². The molecule has 3 nitrogen and oxygen atoms in total. The van der Waals surface area contributed by atoms with Gasteiger partial charge in [-0.1, -0.05) is 15.9 Å². The molecule has 1 saturated heterocycles. The average molecular weight is 339 g/mol. The predicted molar refractivity (Wildman–Crippen MR) is 72.4 cm³/mol. The van der Waals surface area contributed by atoms with Crippen LogP contribution in [0.15, 0.2) is 22.7 Å². The minimum Gasteiger partial charge on any atom is -0.480 e. The normalized spacial score (nSPS) is 19.6. The highest BCUT2D eigenvalue weighted by Crippen LogP contribution is 2.24. The standard InChI is InChI=1S/C12H13BrFNO2.ClH/c13-10-4-3-9(14)6-8(10)7-15-5-1-2-11(15)12(16)17;/h3-4,6,11H,1-2,5,7H2,(H,16,17);1H/t11-;/m1./s1. The Balaban J connectivity index is 0.00000162. The molecule has 1 fully saturated rings. The summed E-state index contributed by atoms with van der Waals surface area (Å²) < 4.78 is 13.9. The zero-order valence-corrected chi connectivity index (χ0v) is 12.0. The van der Waals surface area contributed by atoms with Crippen molar-refractivity contribution < 1.29 is 14.3 Å². The summed E-state index contributed by atoms with van der Waals surface area (Å²) in [5.41, 5.74) is 0.790. The highest BCUT2D eigenvalue weighted by atomic mass is 79.9. The molecule has 1 N–H and O–H groups in total. The number of carbonyl (C=O) groups is 1. The van der Waals surface area contributed by atoms with Crippen LogP contribution in [0.25, 0.3) is 0 Å². The number of hydrogen-bond donors (Lipinski definition) is 1. The number of nitrogens with zero attached hydrogens (tertiary/aromatic N) is 1.